The number of carboxylic acid groups (broad SMARTS) is 1. The molecule has 4 N–H and O–H groups in total. The highest BCUT2D eigenvalue weighted by molar-refractivity contribution is 5.98. The first kappa shape index (κ1) is 30.9. The van der Waals surface area contributed by atoms with Crippen molar-refractivity contribution >= 4 is 29.8 Å². The summed E-state index contributed by atoms with van der Waals surface area (Å²) in [5.74, 6) is -1.57. The number of hydrogen-bond acceptors (Lipinski definition) is 7. The number of unbranched alkanes of at least 4 members (excludes halogenated alkanes) is 2. The number of methoxy groups -OCH3 is 1. The zero-order valence-corrected chi connectivity index (χ0v) is 22.7. The molecule has 2 aromatic carbocycles. The minimum absolute atomic E-state index is 0.109. The standard InChI is InChI=1S/C28H37N3O8/c1-28(2,3)39-27(36)31-22(24(32)30-20-14-15-23(37-4)21(17-20)25(33)34)13-9-6-10-16-29-26(35)38-18-19-11-7-5-8-12-19/h5,7-8,11-12,14-15,17,22H,6,9-10,13,16,18H2,1-4H3,(H,29,35)(H,30,32)(H,31,36)(H,33,34)/t22-/m0/s1. The van der Waals surface area contributed by atoms with E-state index in [0.29, 0.717) is 32.2 Å². The largest absolute Gasteiger partial charge is 0.496 e. The van der Waals surface area contributed by atoms with Crippen molar-refractivity contribution < 1.29 is 38.5 Å². The van der Waals surface area contributed by atoms with Crippen LogP contribution in [0.3, 0.4) is 0 Å². The summed E-state index contributed by atoms with van der Waals surface area (Å²) in [6.45, 7) is 5.72. The smallest absolute Gasteiger partial charge is 0.408 e. The predicted octanol–water partition coefficient (Wildman–Crippen LogP) is 4.71. The fourth-order valence-electron chi connectivity index (χ4n) is 3.52. The molecule has 0 aliphatic carbocycles. The Hall–Kier alpha value is -4.28. The third-order valence-corrected chi connectivity index (χ3v) is 5.36. The van der Waals surface area contributed by atoms with E-state index in [2.05, 4.69) is 16.0 Å². The van der Waals surface area contributed by atoms with E-state index in [0.717, 1.165) is 5.56 Å². The van der Waals surface area contributed by atoms with Crippen molar-refractivity contribution in [2.45, 2.75) is 64.7 Å². The first-order valence-electron chi connectivity index (χ1n) is 12.6. The van der Waals surface area contributed by atoms with Crippen LogP contribution in [0.5, 0.6) is 5.75 Å². The molecule has 39 heavy (non-hydrogen) atoms. The third-order valence-electron chi connectivity index (χ3n) is 5.36. The van der Waals surface area contributed by atoms with E-state index in [4.69, 9.17) is 14.2 Å². The fraction of sp³-hybridized carbons (Fsp3) is 0.429. The Kier molecular flexibility index (Phi) is 12.1. The molecule has 11 heteroatoms. The van der Waals surface area contributed by atoms with E-state index < -0.39 is 35.7 Å². The van der Waals surface area contributed by atoms with Crippen molar-refractivity contribution in [3.8, 4) is 5.75 Å². The second-order valence-electron chi connectivity index (χ2n) is 9.75. The number of ether oxygens (including phenoxy) is 3. The molecule has 0 radical (unpaired) electrons. The van der Waals surface area contributed by atoms with Crippen molar-refractivity contribution in [1.29, 1.82) is 0 Å². The van der Waals surface area contributed by atoms with Gasteiger partial charge in [-0.1, -0.05) is 43.2 Å². The first-order chi connectivity index (χ1) is 18.5. The van der Waals surface area contributed by atoms with E-state index in [-0.39, 0.29) is 23.6 Å². The van der Waals surface area contributed by atoms with E-state index in [9.17, 15) is 24.3 Å². The number of carbonyl (C=O) groups excluding carboxylic acids is 3. The molecule has 0 saturated heterocycles. The van der Waals surface area contributed by atoms with Gasteiger partial charge < -0.3 is 35.3 Å². The van der Waals surface area contributed by atoms with Crippen LogP contribution in [-0.2, 0) is 20.9 Å². The van der Waals surface area contributed by atoms with E-state index in [1.165, 1.54) is 25.3 Å². The van der Waals surface area contributed by atoms with E-state index >= 15 is 0 Å². The molecule has 0 saturated carbocycles. The highest BCUT2D eigenvalue weighted by Gasteiger charge is 2.25. The SMILES string of the molecule is COc1ccc(NC(=O)[C@H](CCCCCNC(=O)OCc2ccccc2)NC(=O)OC(C)(C)C)cc1C(=O)O. The zero-order valence-electron chi connectivity index (χ0n) is 22.7. The van der Waals surface area contributed by atoms with Crippen molar-refractivity contribution in [3.05, 3.63) is 59.7 Å². The van der Waals surface area contributed by atoms with Crippen LogP contribution in [0, 0.1) is 0 Å². The van der Waals surface area contributed by atoms with Crippen LogP contribution in [0.15, 0.2) is 48.5 Å². The summed E-state index contributed by atoms with van der Waals surface area (Å²) in [6.07, 6.45) is 0.921. The number of aromatic carboxylic acids is 1. The molecule has 0 unspecified atom stereocenters. The van der Waals surface area contributed by atoms with Crippen LogP contribution in [0.25, 0.3) is 0 Å². The fourth-order valence-corrected chi connectivity index (χ4v) is 3.52. The Morgan fingerprint density at radius 3 is 2.31 bits per heavy atom. The lowest BCUT2D eigenvalue weighted by molar-refractivity contribution is -0.118. The summed E-state index contributed by atoms with van der Waals surface area (Å²) >= 11 is 0. The quantitative estimate of drug-likeness (QED) is 0.265. The van der Waals surface area contributed by atoms with Gasteiger partial charge in [-0.3, -0.25) is 4.79 Å². The Morgan fingerprint density at radius 1 is 0.949 bits per heavy atom. The Bertz CT molecular complexity index is 1120. The maximum atomic E-state index is 13.0. The Morgan fingerprint density at radius 2 is 1.67 bits per heavy atom. The average molecular weight is 544 g/mol. The van der Waals surface area contributed by atoms with E-state index in [1.54, 1.807) is 20.8 Å². The van der Waals surface area contributed by atoms with Gasteiger partial charge in [0.1, 0.15) is 29.6 Å². The molecule has 0 heterocycles. The van der Waals surface area contributed by atoms with Crippen LogP contribution < -0.4 is 20.7 Å². The molecule has 1 atom stereocenters. The number of nitrogens with one attached hydrogen (secondary N) is 3. The zero-order chi connectivity index (χ0) is 28.8. The van der Waals surface area contributed by atoms with Crippen LogP contribution in [0.2, 0.25) is 0 Å². The van der Waals surface area contributed by atoms with Gasteiger partial charge in [-0.2, -0.15) is 0 Å². The number of benzene rings is 2. The molecule has 0 bridgehead atoms. The van der Waals surface area contributed by atoms with Gasteiger partial charge >= 0.3 is 18.2 Å². The van der Waals surface area contributed by atoms with Crippen LogP contribution in [-0.4, -0.2) is 54.5 Å². The molecular formula is C28H37N3O8. The van der Waals surface area contributed by atoms with Gasteiger partial charge in [-0.15, -0.1) is 0 Å². The molecule has 2 rings (SSSR count). The van der Waals surface area contributed by atoms with E-state index in [1.807, 2.05) is 30.3 Å². The molecule has 0 aliphatic rings. The topological polar surface area (TPSA) is 152 Å². The lowest BCUT2D eigenvalue weighted by Crippen LogP contribution is -2.45. The van der Waals surface area contributed by atoms with Gasteiger partial charge in [0.15, 0.2) is 0 Å². The van der Waals surface area contributed by atoms with Crippen LogP contribution >= 0.6 is 0 Å². The number of alkyl carbamates (subject to hydrolysis) is 2. The number of anilines is 1. The minimum Gasteiger partial charge on any atom is -0.496 e. The molecule has 0 spiro atoms. The van der Waals surface area contributed by atoms with Gasteiger partial charge in [0.05, 0.1) is 7.11 Å². The number of amides is 3. The summed E-state index contributed by atoms with van der Waals surface area (Å²) < 4.78 is 15.5. The maximum Gasteiger partial charge on any atom is 0.408 e. The summed E-state index contributed by atoms with van der Waals surface area (Å²) in [4.78, 5) is 48.7. The molecule has 0 aromatic heterocycles. The summed E-state index contributed by atoms with van der Waals surface area (Å²) in [6, 6.07) is 12.7. The van der Waals surface area contributed by atoms with Gasteiger partial charge in [0, 0.05) is 12.2 Å². The summed E-state index contributed by atoms with van der Waals surface area (Å²) in [5, 5.41) is 17.3. The number of carboxylic acids is 1. The molecule has 11 nitrogen and oxygen atoms in total. The summed E-state index contributed by atoms with van der Waals surface area (Å²) in [5.41, 5.74) is 0.274. The molecule has 2 aromatic rings. The monoisotopic (exact) mass is 543 g/mol. The van der Waals surface area contributed by atoms with Gasteiger partial charge in [0.25, 0.3) is 0 Å². The van der Waals surface area contributed by atoms with Crippen molar-refractivity contribution in [1.82, 2.24) is 10.6 Å². The van der Waals surface area contributed by atoms with Crippen molar-refractivity contribution in [2.75, 3.05) is 19.0 Å². The van der Waals surface area contributed by atoms with Crippen molar-refractivity contribution in [3.63, 3.8) is 0 Å². The van der Waals surface area contributed by atoms with Gasteiger partial charge in [0.2, 0.25) is 5.91 Å². The number of hydrogen-bond donors (Lipinski definition) is 4. The summed E-state index contributed by atoms with van der Waals surface area (Å²) in [7, 11) is 1.35. The normalized spacial score (nSPS) is 11.6. The minimum atomic E-state index is -1.20. The third kappa shape index (κ3) is 11.8. The maximum absolute atomic E-state index is 13.0. The highest BCUT2D eigenvalue weighted by Crippen LogP contribution is 2.23. The first-order valence-corrected chi connectivity index (χ1v) is 12.6. The second-order valence-corrected chi connectivity index (χ2v) is 9.75. The average Bonchev–Trinajstić information content (AvgIpc) is 2.88. The molecule has 212 valence electrons. The lowest BCUT2D eigenvalue weighted by atomic mass is 10.1. The Labute approximate surface area is 228 Å². The predicted molar refractivity (Wildman–Crippen MR) is 145 cm³/mol. The molecule has 0 aliphatic heterocycles. The van der Waals surface area contributed by atoms with Crippen LogP contribution in [0.1, 0.15) is 62.4 Å². The van der Waals surface area contributed by atoms with Gasteiger partial charge in [-0.25, -0.2) is 14.4 Å². The van der Waals surface area contributed by atoms with Gasteiger partial charge in [-0.05, 0) is 57.4 Å². The van der Waals surface area contributed by atoms with Crippen molar-refractivity contribution in [2.24, 2.45) is 0 Å². The Balaban J connectivity index is 1.88. The molecule has 3 amide bonds. The highest BCUT2D eigenvalue weighted by atomic mass is 16.6. The number of carbonyl (C=O) groups is 4. The molecular weight excluding hydrogens is 506 g/mol. The lowest BCUT2D eigenvalue weighted by Gasteiger charge is -2.23. The molecule has 0 fully saturated rings. The number of rotatable bonds is 13. The van der Waals surface area contributed by atoms with Crippen LogP contribution in [0.4, 0.5) is 15.3 Å². The second kappa shape index (κ2) is 15.2.